The number of hydrogen-bond acceptors (Lipinski definition) is 1. The molecule has 2 heteroatoms. The zero-order chi connectivity index (χ0) is 12.3. The average molecular weight is 253 g/mol. The van der Waals surface area contributed by atoms with Crippen molar-refractivity contribution in [1.82, 2.24) is 0 Å². The minimum absolute atomic E-state index is 0.419. The van der Waals surface area contributed by atoms with Crippen LogP contribution >= 0.6 is 11.6 Å². The molecule has 0 bridgehead atoms. The Balaban J connectivity index is 2.14. The van der Waals surface area contributed by atoms with Crippen LogP contribution in [0.3, 0.4) is 0 Å². The lowest BCUT2D eigenvalue weighted by Gasteiger charge is -2.25. The van der Waals surface area contributed by atoms with E-state index in [4.69, 9.17) is 16.3 Å². The molecule has 1 aromatic rings. The Morgan fingerprint density at radius 3 is 2.24 bits per heavy atom. The van der Waals surface area contributed by atoms with Crippen LogP contribution < -0.4 is 4.74 Å². The van der Waals surface area contributed by atoms with Gasteiger partial charge < -0.3 is 4.74 Å². The molecule has 1 aliphatic carbocycles. The molecule has 0 unspecified atom stereocenters. The maximum absolute atomic E-state index is 6.17. The molecule has 1 saturated carbocycles. The van der Waals surface area contributed by atoms with Crippen molar-refractivity contribution in [3.05, 3.63) is 28.8 Å². The monoisotopic (exact) mass is 252 g/mol. The van der Waals surface area contributed by atoms with Crippen LogP contribution in [0.15, 0.2) is 12.1 Å². The summed E-state index contributed by atoms with van der Waals surface area (Å²) in [5.41, 5.74) is 3.61. The predicted octanol–water partition coefficient (Wildman–Crippen LogP) is 4.75. The molecular weight excluding hydrogens is 232 g/mol. The van der Waals surface area contributed by atoms with Crippen LogP contribution in [-0.2, 0) is 5.88 Å². The Morgan fingerprint density at radius 1 is 1.12 bits per heavy atom. The van der Waals surface area contributed by atoms with Crippen LogP contribution in [0.25, 0.3) is 0 Å². The third kappa shape index (κ3) is 3.16. The van der Waals surface area contributed by atoms with Gasteiger partial charge in [-0.15, -0.1) is 11.6 Å². The van der Waals surface area contributed by atoms with Gasteiger partial charge in [-0.2, -0.15) is 0 Å². The zero-order valence-electron chi connectivity index (χ0n) is 10.8. The predicted molar refractivity (Wildman–Crippen MR) is 73.0 cm³/mol. The second-order valence-corrected chi connectivity index (χ2v) is 5.34. The van der Waals surface area contributed by atoms with Crippen LogP contribution in [0.1, 0.15) is 48.8 Å². The van der Waals surface area contributed by atoms with E-state index < -0.39 is 0 Å². The summed E-state index contributed by atoms with van der Waals surface area (Å²) in [6, 6.07) is 4.27. The van der Waals surface area contributed by atoms with Crippen molar-refractivity contribution in [3.63, 3.8) is 0 Å². The van der Waals surface area contributed by atoms with E-state index >= 15 is 0 Å². The van der Waals surface area contributed by atoms with Crippen molar-refractivity contribution < 1.29 is 4.74 Å². The van der Waals surface area contributed by atoms with Crippen LogP contribution in [0.5, 0.6) is 5.75 Å². The summed E-state index contributed by atoms with van der Waals surface area (Å²) in [5.74, 6) is 1.65. The average Bonchev–Trinajstić information content (AvgIpc) is 2.35. The Labute approximate surface area is 109 Å². The van der Waals surface area contributed by atoms with E-state index in [1.165, 1.54) is 48.8 Å². The molecule has 94 valence electrons. The quantitative estimate of drug-likeness (QED) is 0.705. The Morgan fingerprint density at radius 2 is 1.71 bits per heavy atom. The molecular formula is C15H21ClO. The standard InChI is InChI=1S/C15H21ClO/c1-11-8-13(10-16)9-12(2)15(11)17-14-6-4-3-5-7-14/h8-9,14H,3-7,10H2,1-2H3. The third-order valence-electron chi connectivity index (χ3n) is 3.51. The summed E-state index contributed by atoms with van der Waals surface area (Å²) in [6.07, 6.45) is 6.81. The maximum Gasteiger partial charge on any atom is 0.125 e. The van der Waals surface area contributed by atoms with Gasteiger partial charge in [-0.25, -0.2) is 0 Å². The summed E-state index contributed by atoms with van der Waals surface area (Å²) < 4.78 is 6.17. The molecule has 0 aliphatic heterocycles. The number of aryl methyl sites for hydroxylation is 2. The summed E-state index contributed by atoms with van der Waals surface area (Å²) in [6.45, 7) is 4.22. The Bertz CT molecular complexity index is 358. The fourth-order valence-electron chi connectivity index (χ4n) is 2.65. The SMILES string of the molecule is Cc1cc(CCl)cc(C)c1OC1CCCCC1. The van der Waals surface area contributed by atoms with Gasteiger partial charge in [-0.1, -0.05) is 18.6 Å². The molecule has 0 radical (unpaired) electrons. The van der Waals surface area contributed by atoms with Gasteiger partial charge in [0, 0.05) is 5.88 Å². The molecule has 0 amide bonds. The Kier molecular flexibility index (Phi) is 4.33. The number of ether oxygens (including phenoxy) is 1. The first-order valence-corrected chi connectivity index (χ1v) is 7.07. The molecule has 1 aromatic carbocycles. The van der Waals surface area contributed by atoms with E-state index in [-0.39, 0.29) is 0 Å². The summed E-state index contributed by atoms with van der Waals surface area (Å²) >= 11 is 5.87. The minimum atomic E-state index is 0.419. The summed E-state index contributed by atoms with van der Waals surface area (Å²) in [4.78, 5) is 0. The number of rotatable bonds is 3. The largest absolute Gasteiger partial charge is 0.490 e. The highest BCUT2D eigenvalue weighted by Crippen LogP contribution is 2.30. The van der Waals surface area contributed by atoms with Crippen LogP contribution in [0.4, 0.5) is 0 Å². The topological polar surface area (TPSA) is 9.23 Å². The number of alkyl halides is 1. The van der Waals surface area contributed by atoms with E-state index in [2.05, 4.69) is 26.0 Å². The molecule has 1 nitrogen and oxygen atoms in total. The third-order valence-corrected chi connectivity index (χ3v) is 3.82. The fourth-order valence-corrected chi connectivity index (χ4v) is 2.81. The number of hydrogen-bond donors (Lipinski definition) is 0. The fraction of sp³-hybridized carbons (Fsp3) is 0.600. The molecule has 2 rings (SSSR count). The van der Waals surface area contributed by atoms with E-state index in [0.717, 1.165) is 5.75 Å². The van der Waals surface area contributed by atoms with E-state index in [1.807, 2.05) is 0 Å². The molecule has 0 N–H and O–H groups in total. The van der Waals surface area contributed by atoms with Crippen LogP contribution in [-0.4, -0.2) is 6.10 Å². The van der Waals surface area contributed by atoms with Crippen molar-refractivity contribution in [3.8, 4) is 5.75 Å². The first kappa shape index (κ1) is 12.8. The lowest BCUT2D eigenvalue weighted by Crippen LogP contribution is -2.20. The smallest absolute Gasteiger partial charge is 0.125 e. The van der Waals surface area contributed by atoms with Gasteiger partial charge >= 0.3 is 0 Å². The molecule has 0 atom stereocenters. The molecule has 17 heavy (non-hydrogen) atoms. The summed E-state index contributed by atoms with van der Waals surface area (Å²) in [5, 5.41) is 0. The summed E-state index contributed by atoms with van der Waals surface area (Å²) in [7, 11) is 0. The molecule has 0 saturated heterocycles. The zero-order valence-corrected chi connectivity index (χ0v) is 11.5. The van der Waals surface area contributed by atoms with Gasteiger partial charge in [-0.05, 0) is 56.2 Å². The van der Waals surface area contributed by atoms with Gasteiger partial charge in [0.25, 0.3) is 0 Å². The van der Waals surface area contributed by atoms with Gasteiger partial charge in [-0.3, -0.25) is 0 Å². The molecule has 1 fully saturated rings. The van der Waals surface area contributed by atoms with Crippen molar-refractivity contribution in [2.75, 3.05) is 0 Å². The van der Waals surface area contributed by atoms with Crippen molar-refractivity contribution in [1.29, 1.82) is 0 Å². The van der Waals surface area contributed by atoms with E-state index in [0.29, 0.717) is 12.0 Å². The lowest BCUT2D eigenvalue weighted by molar-refractivity contribution is 0.153. The number of halogens is 1. The Hall–Kier alpha value is -0.690. The van der Waals surface area contributed by atoms with Crippen molar-refractivity contribution >= 4 is 11.6 Å². The lowest BCUT2D eigenvalue weighted by atomic mass is 9.97. The first-order valence-electron chi connectivity index (χ1n) is 6.53. The van der Waals surface area contributed by atoms with Crippen LogP contribution in [0.2, 0.25) is 0 Å². The van der Waals surface area contributed by atoms with Gasteiger partial charge in [0.15, 0.2) is 0 Å². The first-order chi connectivity index (χ1) is 8.20. The minimum Gasteiger partial charge on any atom is -0.490 e. The van der Waals surface area contributed by atoms with Crippen molar-refractivity contribution in [2.24, 2.45) is 0 Å². The normalized spacial score (nSPS) is 17.1. The van der Waals surface area contributed by atoms with E-state index in [1.54, 1.807) is 0 Å². The molecule has 1 aliphatic rings. The maximum atomic E-state index is 6.17. The number of benzene rings is 1. The van der Waals surface area contributed by atoms with Crippen molar-refractivity contribution in [2.45, 2.75) is 57.9 Å². The molecule has 0 spiro atoms. The van der Waals surface area contributed by atoms with Gasteiger partial charge in [0.05, 0.1) is 6.10 Å². The van der Waals surface area contributed by atoms with E-state index in [9.17, 15) is 0 Å². The highest BCUT2D eigenvalue weighted by atomic mass is 35.5. The molecule has 0 heterocycles. The highest BCUT2D eigenvalue weighted by Gasteiger charge is 2.17. The van der Waals surface area contributed by atoms with Crippen LogP contribution in [0, 0.1) is 13.8 Å². The highest BCUT2D eigenvalue weighted by molar-refractivity contribution is 6.17. The van der Waals surface area contributed by atoms with Gasteiger partial charge in [0.1, 0.15) is 5.75 Å². The van der Waals surface area contributed by atoms with Gasteiger partial charge in [0.2, 0.25) is 0 Å². The second kappa shape index (κ2) is 5.77. The second-order valence-electron chi connectivity index (χ2n) is 5.07. The molecule has 0 aromatic heterocycles.